The van der Waals surface area contributed by atoms with E-state index in [1.807, 2.05) is 0 Å². The second-order valence-corrected chi connectivity index (χ2v) is 4.24. The molecule has 18 heavy (non-hydrogen) atoms. The molecule has 98 valence electrons. The fraction of sp³-hybridized carbons (Fsp3) is 0.417. The van der Waals surface area contributed by atoms with Crippen LogP contribution < -0.4 is 5.73 Å². The zero-order valence-corrected chi connectivity index (χ0v) is 10.4. The van der Waals surface area contributed by atoms with E-state index >= 15 is 0 Å². The highest BCUT2D eigenvalue weighted by Gasteiger charge is 2.30. The highest BCUT2D eigenvalue weighted by Crippen LogP contribution is 2.16. The van der Waals surface area contributed by atoms with Gasteiger partial charge in [-0.25, -0.2) is 0 Å². The predicted molar refractivity (Wildman–Crippen MR) is 66.0 cm³/mol. The minimum atomic E-state index is -1.13. The molecule has 6 heteroatoms. The number of nitro benzene ring substituents is 1. The maximum Gasteiger partial charge on any atom is 0.326 e. The number of carbonyl (C=O) groups is 1. The summed E-state index contributed by atoms with van der Waals surface area (Å²) in [4.78, 5) is 21.6. The minimum Gasteiger partial charge on any atom is -0.465 e. The van der Waals surface area contributed by atoms with Crippen LogP contribution in [0.3, 0.4) is 0 Å². The smallest absolute Gasteiger partial charge is 0.326 e. The minimum absolute atomic E-state index is 0.00797. The van der Waals surface area contributed by atoms with E-state index in [9.17, 15) is 14.9 Å². The van der Waals surface area contributed by atoms with Crippen molar-refractivity contribution in [2.75, 3.05) is 6.61 Å². The number of nitrogens with two attached hydrogens (primary N) is 1. The topological polar surface area (TPSA) is 95.5 Å². The molecule has 0 bridgehead atoms. The fourth-order valence-corrected chi connectivity index (χ4v) is 1.53. The lowest BCUT2D eigenvalue weighted by molar-refractivity contribution is -0.384. The van der Waals surface area contributed by atoms with Gasteiger partial charge in [0.15, 0.2) is 0 Å². The molecule has 0 spiro atoms. The van der Waals surface area contributed by atoms with Gasteiger partial charge in [0.1, 0.15) is 5.54 Å². The monoisotopic (exact) mass is 252 g/mol. The van der Waals surface area contributed by atoms with Crippen molar-refractivity contribution in [2.45, 2.75) is 25.8 Å². The van der Waals surface area contributed by atoms with Crippen molar-refractivity contribution in [2.24, 2.45) is 5.73 Å². The molecule has 0 aliphatic carbocycles. The molecular weight excluding hydrogens is 236 g/mol. The average molecular weight is 252 g/mol. The number of rotatable bonds is 5. The van der Waals surface area contributed by atoms with Gasteiger partial charge in [0.2, 0.25) is 0 Å². The van der Waals surface area contributed by atoms with E-state index in [4.69, 9.17) is 10.5 Å². The molecule has 2 N–H and O–H groups in total. The Hall–Kier alpha value is -1.95. The Labute approximate surface area is 105 Å². The predicted octanol–water partition coefficient (Wildman–Crippen LogP) is 1.42. The lowest BCUT2D eigenvalue weighted by Gasteiger charge is -2.22. The molecule has 0 amide bonds. The molecule has 6 nitrogen and oxygen atoms in total. The molecule has 0 heterocycles. The summed E-state index contributed by atoms with van der Waals surface area (Å²) in [6, 6.07) is 5.94. The third-order valence-electron chi connectivity index (χ3n) is 2.46. The zero-order chi connectivity index (χ0) is 13.8. The second-order valence-electron chi connectivity index (χ2n) is 4.24. The van der Waals surface area contributed by atoms with Gasteiger partial charge in [-0.3, -0.25) is 14.9 Å². The number of ether oxygens (including phenoxy) is 1. The first-order valence-corrected chi connectivity index (χ1v) is 5.56. The number of nitro groups is 1. The van der Waals surface area contributed by atoms with E-state index in [-0.39, 0.29) is 18.7 Å². The molecule has 0 radical (unpaired) electrons. The van der Waals surface area contributed by atoms with Gasteiger partial charge in [-0.05, 0) is 19.4 Å². The Morgan fingerprint density at radius 3 is 2.44 bits per heavy atom. The Balaban J connectivity index is 2.78. The van der Waals surface area contributed by atoms with Crippen molar-refractivity contribution >= 4 is 11.7 Å². The summed E-state index contributed by atoms with van der Waals surface area (Å²) < 4.78 is 4.87. The van der Waals surface area contributed by atoms with Crippen molar-refractivity contribution in [1.82, 2.24) is 0 Å². The summed E-state index contributed by atoms with van der Waals surface area (Å²) in [6.45, 7) is 3.55. The van der Waals surface area contributed by atoms with Crippen molar-refractivity contribution in [1.29, 1.82) is 0 Å². The lowest BCUT2D eigenvalue weighted by Crippen LogP contribution is -2.48. The van der Waals surface area contributed by atoms with Crippen LogP contribution in [0.25, 0.3) is 0 Å². The highest BCUT2D eigenvalue weighted by molar-refractivity contribution is 5.80. The SMILES string of the molecule is CCOC(=O)[C@](C)(N)Cc1ccc([N+](=O)[O-])cc1. The molecule has 0 unspecified atom stereocenters. The largest absolute Gasteiger partial charge is 0.465 e. The van der Waals surface area contributed by atoms with E-state index in [1.165, 1.54) is 12.1 Å². The van der Waals surface area contributed by atoms with E-state index in [0.29, 0.717) is 0 Å². The standard InChI is InChI=1S/C12H16N2O4/c1-3-18-11(15)12(2,13)8-9-4-6-10(7-5-9)14(16)17/h4-7H,3,8,13H2,1-2H3/t12-/m1/s1. The molecule has 0 aliphatic rings. The maximum atomic E-state index is 11.6. The van der Waals surface area contributed by atoms with Crippen molar-refractivity contribution in [3.05, 3.63) is 39.9 Å². The number of carbonyl (C=O) groups excluding carboxylic acids is 1. The van der Waals surface area contributed by atoms with Crippen molar-refractivity contribution in [3.8, 4) is 0 Å². The quantitative estimate of drug-likeness (QED) is 0.485. The average Bonchev–Trinajstić information content (AvgIpc) is 2.29. The number of nitrogens with zero attached hydrogens (tertiary/aromatic N) is 1. The Morgan fingerprint density at radius 1 is 1.44 bits per heavy atom. The fourth-order valence-electron chi connectivity index (χ4n) is 1.53. The Morgan fingerprint density at radius 2 is 2.00 bits per heavy atom. The summed E-state index contributed by atoms with van der Waals surface area (Å²) in [5.74, 6) is -0.483. The van der Waals surface area contributed by atoms with Crippen LogP contribution in [0.5, 0.6) is 0 Å². The number of hydrogen-bond donors (Lipinski definition) is 1. The molecule has 1 rings (SSSR count). The molecule has 0 aromatic heterocycles. The van der Waals surface area contributed by atoms with Gasteiger partial charge in [-0.15, -0.1) is 0 Å². The van der Waals surface area contributed by atoms with Crippen LogP contribution >= 0.6 is 0 Å². The van der Waals surface area contributed by atoms with Gasteiger partial charge in [0.25, 0.3) is 5.69 Å². The van der Waals surface area contributed by atoms with Gasteiger partial charge >= 0.3 is 5.97 Å². The first-order valence-electron chi connectivity index (χ1n) is 5.56. The van der Waals surface area contributed by atoms with Gasteiger partial charge < -0.3 is 10.5 Å². The molecule has 0 fully saturated rings. The van der Waals surface area contributed by atoms with E-state index in [0.717, 1.165) is 5.56 Å². The van der Waals surface area contributed by atoms with Crippen LogP contribution in [0.2, 0.25) is 0 Å². The van der Waals surface area contributed by atoms with Crippen LogP contribution in [-0.4, -0.2) is 23.0 Å². The van der Waals surface area contributed by atoms with Gasteiger partial charge in [-0.1, -0.05) is 12.1 Å². The molecule has 0 saturated carbocycles. The van der Waals surface area contributed by atoms with Crippen LogP contribution in [0.1, 0.15) is 19.4 Å². The molecule has 0 saturated heterocycles. The van der Waals surface area contributed by atoms with Crippen LogP contribution in [0, 0.1) is 10.1 Å². The normalized spacial score (nSPS) is 13.7. The van der Waals surface area contributed by atoms with Crippen molar-refractivity contribution < 1.29 is 14.5 Å². The Bertz CT molecular complexity index is 440. The second kappa shape index (κ2) is 5.59. The summed E-state index contributed by atoms with van der Waals surface area (Å²) in [5, 5.41) is 10.5. The number of hydrogen-bond acceptors (Lipinski definition) is 5. The maximum absolute atomic E-state index is 11.6. The zero-order valence-electron chi connectivity index (χ0n) is 10.4. The number of non-ortho nitro benzene ring substituents is 1. The van der Waals surface area contributed by atoms with Crippen molar-refractivity contribution in [3.63, 3.8) is 0 Å². The van der Waals surface area contributed by atoms with Gasteiger partial charge in [0, 0.05) is 18.6 Å². The third-order valence-corrected chi connectivity index (χ3v) is 2.46. The summed E-state index contributed by atoms with van der Waals surface area (Å²) in [5.41, 5.74) is 5.49. The lowest BCUT2D eigenvalue weighted by atomic mass is 9.94. The summed E-state index contributed by atoms with van der Waals surface area (Å²) in [7, 11) is 0. The Kier molecular flexibility index (Phi) is 4.38. The highest BCUT2D eigenvalue weighted by atomic mass is 16.6. The molecule has 0 aliphatic heterocycles. The van der Waals surface area contributed by atoms with E-state index in [2.05, 4.69) is 0 Å². The molecule has 1 atom stereocenters. The first-order chi connectivity index (χ1) is 8.36. The van der Waals surface area contributed by atoms with E-state index in [1.54, 1.807) is 26.0 Å². The van der Waals surface area contributed by atoms with Gasteiger partial charge in [-0.2, -0.15) is 0 Å². The molecular formula is C12H16N2O4. The summed E-state index contributed by atoms with van der Waals surface area (Å²) >= 11 is 0. The third kappa shape index (κ3) is 3.53. The number of benzene rings is 1. The van der Waals surface area contributed by atoms with E-state index < -0.39 is 16.4 Å². The van der Waals surface area contributed by atoms with Crippen LogP contribution in [-0.2, 0) is 16.0 Å². The molecule has 1 aromatic rings. The van der Waals surface area contributed by atoms with Crippen LogP contribution in [0.4, 0.5) is 5.69 Å². The first kappa shape index (κ1) is 14.1. The number of esters is 1. The molecule has 1 aromatic carbocycles. The van der Waals surface area contributed by atoms with Crippen LogP contribution in [0.15, 0.2) is 24.3 Å². The van der Waals surface area contributed by atoms with Gasteiger partial charge in [0.05, 0.1) is 11.5 Å². The summed E-state index contributed by atoms with van der Waals surface area (Å²) in [6.07, 6.45) is 0.268.